The Kier molecular flexibility index (Phi) is 4.46. The molecule has 3 rings (SSSR count). The zero-order valence-corrected chi connectivity index (χ0v) is 13.5. The third-order valence-electron chi connectivity index (χ3n) is 3.99. The summed E-state index contributed by atoms with van der Waals surface area (Å²) in [7, 11) is 0. The second-order valence-corrected chi connectivity index (χ2v) is 5.61. The average Bonchev–Trinajstić information content (AvgIpc) is 2.90. The van der Waals surface area contributed by atoms with E-state index in [1.807, 2.05) is 42.2 Å². The number of hydrogen-bond acceptors (Lipinski definition) is 3. The number of ether oxygens (including phenoxy) is 1. The van der Waals surface area contributed by atoms with Crippen molar-refractivity contribution in [1.29, 1.82) is 0 Å². The van der Waals surface area contributed by atoms with Gasteiger partial charge in [0.25, 0.3) is 0 Å². The highest BCUT2D eigenvalue weighted by Crippen LogP contribution is 2.31. The van der Waals surface area contributed by atoms with Crippen LogP contribution in [0.4, 0.5) is 10.5 Å². The fourth-order valence-electron chi connectivity index (χ4n) is 2.96. The van der Waals surface area contributed by atoms with E-state index >= 15 is 0 Å². The van der Waals surface area contributed by atoms with Gasteiger partial charge in [-0.1, -0.05) is 24.3 Å². The number of anilines is 1. The summed E-state index contributed by atoms with van der Waals surface area (Å²) in [5.41, 5.74) is 3.09. The molecule has 0 radical (unpaired) electrons. The number of fused-ring (bicyclic) bond motifs is 1. The molecule has 2 aromatic rings. The summed E-state index contributed by atoms with van der Waals surface area (Å²) in [4.78, 5) is 18.6. The lowest BCUT2D eigenvalue weighted by molar-refractivity contribution is 0.244. The fraction of sp³-hybridized carbons (Fsp3) is 0.333. The molecule has 1 atom stereocenters. The first-order valence-electron chi connectivity index (χ1n) is 7.92. The minimum absolute atomic E-state index is 0.0891. The molecular formula is C18H21N3O2. The van der Waals surface area contributed by atoms with E-state index in [0.29, 0.717) is 19.0 Å². The number of benzene rings is 1. The molecule has 5 heteroatoms. The van der Waals surface area contributed by atoms with Crippen molar-refractivity contribution in [2.75, 3.05) is 11.5 Å². The van der Waals surface area contributed by atoms with Gasteiger partial charge in [-0.15, -0.1) is 0 Å². The molecule has 1 aromatic heterocycles. The zero-order valence-electron chi connectivity index (χ0n) is 13.5. The highest BCUT2D eigenvalue weighted by atomic mass is 16.5. The number of nitrogens with one attached hydrogen (secondary N) is 1. The van der Waals surface area contributed by atoms with E-state index in [1.165, 1.54) is 5.56 Å². The molecule has 2 heterocycles. The number of urea groups is 1. The summed E-state index contributed by atoms with van der Waals surface area (Å²) in [5, 5.41) is 2.98. The first kappa shape index (κ1) is 15.3. The van der Waals surface area contributed by atoms with Gasteiger partial charge in [0.2, 0.25) is 5.88 Å². The van der Waals surface area contributed by atoms with Gasteiger partial charge in [-0.05, 0) is 38.0 Å². The lowest BCUT2D eigenvalue weighted by Gasteiger charge is -2.23. The van der Waals surface area contributed by atoms with Crippen LogP contribution in [0.3, 0.4) is 0 Å². The molecule has 1 aromatic carbocycles. The topological polar surface area (TPSA) is 54.5 Å². The summed E-state index contributed by atoms with van der Waals surface area (Å²) in [6.07, 6.45) is 2.58. The van der Waals surface area contributed by atoms with E-state index in [1.54, 1.807) is 6.20 Å². The van der Waals surface area contributed by atoms with Crippen LogP contribution in [0.1, 0.15) is 25.0 Å². The summed E-state index contributed by atoms with van der Waals surface area (Å²) in [6, 6.07) is 11.9. The van der Waals surface area contributed by atoms with E-state index < -0.39 is 0 Å². The second kappa shape index (κ2) is 6.69. The number of amides is 2. The Bertz CT molecular complexity index is 702. The Morgan fingerprint density at radius 1 is 1.35 bits per heavy atom. The van der Waals surface area contributed by atoms with E-state index in [-0.39, 0.29) is 12.1 Å². The number of carbonyl (C=O) groups is 1. The van der Waals surface area contributed by atoms with Gasteiger partial charge in [0.15, 0.2) is 0 Å². The van der Waals surface area contributed by atoms with E-state index in [2.05, 4.69) is 23.3 Å². The van der Waals surface area contributed by atoms with Crippen LogP contribution in [-0.2, 0) is 13.0 Å². The Hall–Kier alpha value is -2.56. The molecule has 1 aliphatic heterocycles. The van der Waals surface area contributed by atoms with Crippen molar-refractivity contribution in [1.82, 2.24) is 10.3 Å². The van der Waals surface area contributed by atoms with Gasteiger partial charge in [0.05, 0.1) is 6.61 Å². The van der Waals surface area contributed by atoms with Crippen LogP contribution in [0.25, 0.3) is 0 Å². The zero-order chi connectivity index (χ0) is 16.2. The number of para-hydroxylation sites is 1. The van der Waals surface area contributed by atoms with Crippen LogP contribution in [0.5, 0.6) is 5.88 Å². The smallest absolute Gasteiger partial charge is 0.322 e. The Balaban J connectivity index is 1.71. The molecule has 0 saturated carbocycles. The van der Waals surface area contributed by atoms with Crippen LogP contribution in [0.15, 0.2) is 42.6 Å². The first-order valence-corrected chi connectivity index (χ1v) is 7.92. The molecule has 120 valence electrons. The van der Waals surface area contributed by atoms with Crippen LogP contribution in [0, 0.1) is 0 Å². The van der Waals surface area contributed by atoms with E-state index in [0.717, 1.165) is 17.7 Å². The quantitative estimate of drug-likeness (QED) is 0.944. The summed E-state index contributed by atoms with van der Waals surface area (Å²) >= 11 is 0. The molecule has 0 aliphatic carbocycles. The third-order valence-corrected chi connectivity index (χ3v) is 3.99. The molecule has 0 unspecified atom stereocenters. The maximum atomic E-state index is 12.6. The van der Waals surface area contributed by atoms with Crippen LogP contribution in [0.2, 0.25) is 0 Å². The third kappa shape index (κ3) is 3.13. The fourth-order valence-corrected chi connectivity index (χ4v) is 2.96. The maximum Gasteiger partial charge on any atom is 0.322 e. The van der Waals surface area contributed by atoms with E-state index in [4.69, 9.17) is 4.74 Å². The van der Waals surface area contributed by atoms with Crippen molar-refractivity contribution in [2.45, 2.75) is 32.9 Å². The standard InChI is InChI=1S/C18H21N3O2/c1-3-23-17-15(8-6-10-19-17)12-20-18(22)21-13(2)11-14-7-4-5-9-16(14)21/h4-10,13H,3,11-12H2,1-2H3,(H,20,22)/t13-/m0/s1. The average molecular weight is 311 g/mol. The van der Waals surface area contributed by atoms with Crippen molar-refractivity contribution >= 4 is 11.7 Å². The molecule has 2 amide bonds. The highest BCUT2D eigenvalue weighted by molar-refractivity contribution is 5.94. The van der Waals surface area contributed by atoms with Crippen molar-refractivity contribution in [3.05, 3.63) is 53.7 Å². The number of rotatable bonds is 4. The van der Waals surface area contributed by atoms with Crippen molar-refractivity contribution in [3.8, 4) is 5.88 Å². The first-order chi connectivity index (χ1) is 11.2. The lowest BCUT2D eigenvalue weighted by Crippen LogP contribution is -2.43. The maximum absolute atomic E-state index is 12.6. The predicted octanol–water partition coefficient (Wildman–Crippen LogP) is 3.14. The summed E-state index contributed by atoms with van der Waals surface area (Å²) < 4.78 is 5.50. The number of pyridine rings is 1. The van der Waals surface area contributed by atoms with Crippen LogP contribution >= 0.6 is 0 Å². The van der Waals surface area contributed by atoms with Crippen molar-refractivity contribution in [2.24, 2.45) is 0 Å². The van der Waals surface area contributed by atoms with E-state index in [9.17, 15) is 4.79 Å². The molecular weight excluding hydrogens is 290 g/mol. The van der Waals surface area contributed by atoms with Gasteiger partial charge in [0.1, 0.15) is 0 Å². The van der Waals surface area contributed by atoms with Gasteiger partial charge >= 0.3 is 6.03 Å². The Morgan fingerprint density at radius 2 is 2.17 bits per heavy atom. The van der Waals surface area contributed by atoms with Gasteiger partial charge < -0.3 is 10.1 Å². The van der Waals surface area contributed by atoms with Crippen LogP contribution < -0.4 is 15.0 Å². The summed E-state index contributed by atoms with van der Waals surface area (Å²) in [6.45, 7) is 4.93. The molecule has 5 nitrogen and oxygen atoms in total. The lowest BCUT2D eigenvalue weighted by atomic mass is 10.1. The molecule has 0 bridgehead atoms. The van der Waals surface area contributed by atoms with Gasteiger partial charge in [-0.2, -0.15) is 0 Å². The van der Waals surface area contributed by atoms with Gasteiger partial charge in [-0.3, -0.25) is 4.90 Å². The predicted molar refractivity (Wildman–Crippen MR) is 89.7 cm³/mol. The summed E-state index contributed by atoms with van der Waals surface area (Å²) in [5.74, 6) is 0.574. The Labute approximate surface area is 136 Å². The molecule has 1 aliphatic rings. The minimum Gasteiger partial charge on any atom is -0.478 e. The van der Waals surface area contributed by atoms with Gasteiger partial charge in [-0.25, -0.2) is 9.78 Å². The number of aromatic nitrogens is 1. The number of hydrogen-bond donors (Lipinski definition) is 1. The molecule has 0 spiro atoms. The highest BCUT2D eigenvalue weighted by Gasteiger charge is 2.30. The molecule has 0 saturated heterocycles. The Morgan fingerprint density at radius 3 is 3.00 bits per heavy atom. The normalized spacial score (nSPS) is 16.1. The second-order valence-electron chi connectivity index (χ2n) is 5.61. The largest absolute Gasteiger partial charge is 0.478 e. The number of nitrogens with zero attached hydrogens (tertiary/aromatic N) is 2. The monoisotopic (exact) mass is 311 g/mol. The molecule has 1 N–H and O–H groups in total. The minimum atomic E-state index is -0.0891. The van der Waals surface area contributed by atoms with Gasteiger partial charge in [0, 0.05) is 30.0 Å². The molecule has 0 fully saturated rings. The van der Waals surface area contributed by atoms with Crippen molar-refractivity contribution < 1.29 is 9.53 Å². The number of carbonyl (C=O) groups excluding carboxylic acids is 1. The van der Waals surface area contributed by atoms with Crippen molar-refractivity contribution in [3.63, 3.8) is 0 Å². The SMILES string of the molecule is CCOc1ncccc1CNC(=O)N1c2ccccc2C[C@@H]1C. The van der Waals surface area contributed by atoms with Crippen LogP contribution in [-0.4, -0.2) is 23.7 Å². The molecule has 23 heavy (non-hydrogen) atoms.